The largest absolute Gasteiger partial charge is 0.455 e. The van der Waals surface area contributed by atoms with Gasteiger partial charge in [-0.1, -0.05) is 87.7 Å². The third-order valence-corrected chi connectivity index (χ3v) is 7.70. The van der Waals surface area contributed by atoms with Crippen LogP contribution in [0.2, 0.25) is 0 Å². The van der Waals surface area contributed by atoms with Crippen LogP contribution in [0.25, 0.3) is 0 Å². The summed E-state index contributed by atoms with van der Waals surface area (Å²) in [4.78, 5) is 29.4. The number of esters is 1. The first-order valence-corrected chi connectivity index (χ1v) is 15.9. The monoisotopic (exact) mass is 596 g/mol. The number of nitrogens with zero attached hydrogens (tertiary/aromatic N) is 1. The number of carbonyl (C=O) groups is 2. The van der Waals surface area contributed by atoms with Gasteiger partial charge in [-0.15, -0.1) is 0 Å². The van der Waals surface area contributed by atoms with Gasteiger partial charge in [0.15, 0.2) is 5.75 Å². The molecule has 0 atom stereocenters. The molecule has 0 aliphatic heterocycles. The van der Waals surface area contributed by atoms with Crippen molar-refractivity contribution in [3.05, 3.63) is 103 Å². The van der Waals surface area contributed by atoms with Gasteiger partial charge in [-0.2, -0.15) is 0 Å². The van der Waals surface area contributed by atoms with Crippen molar-refractivity contribution in [2.45, 2.75) is 68.6 Å². The van der Waals surface area contributed by atoms with Crippen molar-refractivity contribution in [2.24, 2.45) is 0 Å². The van der Waals surface area contributed by atoms with Crippen LogP contribution in [0.1, 0.15) is 58.8 Å². The zero-order valence-electron chi connectivity index (χ0n) is 25.0. The van der Waals surface area contributed by atoms with Crippen LogP contribution in [0.3, 0.4) is 0 Å². The second kappa shape index (κ2) is 17.0. The Morgan fingerprint density at radius 3 is 2.23 bits per heavy atom. The fourth-order valence-electron chi connectivity index (χ4n) is 4.49. The zero-order chi connectivity index (χ0) is 30.3. The van der Waals surface area contributed by atoms with Gasteiger partial charge in [0, 0.05) is 28.4 Å². The third kappa shape index (κ3) is 10.2. The highest BCUT2D eigenvalue weighted by atomic mass is 32.2. The Kier molecular flexibility index (Phi) is 12.5. The van der Waals surface area contributed by atoms with E-state index in [-0.39, 0.29) is 12.0 Å². The van der Waals surface area contributed by atoms with E-state index in [2.05, 4.69) is 12.2 Å². The van der Waals surface area contributed by atoms with Gasteiger partial charge in [-0.25, -0.2) is 4.79 Å². The lowest BCUT2D eigenvalue weighted by Gasteiger charge is -2.24. The zero-order valence-corrected chi connectivity index (χ0v) is 25.8. The second-order valence-electron chi connectivity index (χ2n) is 10.2. The number of unbranched alkanes of at least 4 members (excludes halogenated alkanes) is 4. The number of nitrogens with one attached hydrogen (secondary N) is 1. The summed E-state index contributed by atoms with van der Waals surface area (Å²) >= 11 is 1.59. The highest BCUT2D eigenvalue weighted by Crippen LogP contribution is 2.33. The van der Waals surface area contributed by atoms with Crippen molar-refractivity contribution in [1.82, 2.24) is 0 Å². The van der Waals surface area contributed by atoms with Crippen LogP contribution in [0.4, 0.5) is 16.2 Å². The first-order valence-electron chi connectivity index (χ1n) is 15.0. The molecule has 0 aromatic heterocycles. The van der Waals surface area contributed by atoms with E-state index in [1.54, 1.807) is 11.8 Å². The van der Waals surface area contributed by atoms with Crippen LogP contribution in [-0.4, -0.2) is 18.5 Å². The average molecular weight is 597 g/mol. The van der Waals surface area contributed by atoms with E-state index < -0.39 is 0 Å². The normalized spacial score (nSPS) is 10.7. The van der Waals surface area contributed by atoms with Crippen LogP contribution >= 0.6 is 11.8 Å². The smallest absolute Gasteiger partial charge is 0.326 e. The molecule has 0 saturated carbocycles. The van der Waals surface area contributed by atoms with E-state index >= 15 is 0 Å². The maximum absolute atomic E-state index is 13.8. The standard InChI is InChI=1S/C36H40N2O4S/c1-3-5-6-7-13-26-38(36(40)37-33-20-11-12-21-34(33)41-29-17-9-8-10-18-29)28-16-14-19-32(27-28)43-31-24-22-30(23-25-31)42-35(39)15-4-2/h8-12,14,16-25,27H,3-7,13,15,26H2,1-2H3,(H,37,40). The molecule has 0 spiro atoms. The number of amides is 2. The Bertz CT molecular complexity index is 1440. The van der Waals surface area contributed by atoms with E-state index in [9.17, 15) is 9.59 Å². The maximum atomic E-state index is 13.8. The second-order valence-corrected chi connectivity index (χ2v) is 11.3. The first-order chi connectivity index (χ1) is 21.1. The van der Waals surface area contributed by atoms with E-state index in [0.29, 0.717) is 35.9 Å². The molecule has 43 heavy (non-hydrogen) atoms. The molecule has 0 heterocycles. The van der Waals surface area contributed by atoms with Gasteiger partial charge in [0.05, 0.1) is 5.69 Å². The summed E-state index contributed by atoms with van der Waals surface area (Å²) in [6.07, 6.45) is 6.64. The summed E-state index contributed by atoms with van der Waals surface area (Å²) in [5.41, 5.74) is 1.43. The molecule has 0 bridgehead atoms. The van der Waals surface area contributed by atoms with Gasteiger partial charge in [0.25, 0.3) is 0 Å². The number of hydrogen-bond acceptors (Lipinski definition) is 5. The molecular formula is C36H40N2O4S. The van der Waals surface area contributed by atoms with Crippen molar-refractivity contribution >= 4 is 35.1 Å². The molecule has 4 aromatic rings. The number of rotatable bonds is 15. The first kappa shape index (κ1) is 31.7. The fourth-order valence-corrected chi connectivity index (χ4v) is 5.36. The summed E-state index contributed by atoms with van der Waals surface area (Å²) in [5, 5.41) is 3.10. The van der Waals surface area contributed by atoms with Crippen LogP contribution < -0.4 is 19.7 Å². The molecule has 0 saturated heterocycles. The summed E-state index contributed by atoms with van der Waals surface area (Å²) in [5.74, 6) is 1.60. The van der Waals surface area contributed by atoms with Crippen molar-refractivity contribution in [1.29, 1.82) is 0 Å². The predicted molar refractivity (Wildman–Crippen MR) is 176 cm³/mol. The number of carbonyl (C=O) groups excluding carboxylic acids is 2. The average Bonchev–Trinajstić information content (AvgIpc) is 3.01. The lowest BCUT2D eigenvalue weighted by Crippen LogP contribution is -2.36. The summed E-state index contributed by atoms with van der Waals surface area (Å²) in [7, 11) is 0. The lowest BCUT2D eigenvalue weighted by molar-refractivity contribution is -0.134. The maximum Gasteiger partial charge on any atom is 0.326 e. The SMILES string of the molecule is CCCCCCCN(C(=O)Nc1ccccc1Oc1ccccc1)c1cccc(Sc2ccc(OC(=O)CCC)cc2)c1. The Morgan fingerprint density at radius 2 is 1.47 bits per heavy atom. The number of hydrogen-bond donors (Lipinski definition) is 1. The number of ether oxygens (including phenoxy) is 2. The Balaban J connectivity index is 1.49. The minimum atomic E-state index is -0.224. The van der Waals surface area contributed by atoms with Crippen molar-refractivity contribution in [3.63, 3.8) is 0 Å². The third-order valence-electron chi connectivity index (χ3n) is 6.70. The van der Waals surface area contributed by atoms with Crippen LogP contribution in [0.5, 0.6) is 17.2 Å². The highest BCUT2D eigenvalue weighted by molar-refractivity contribution is 7.99. The number of urea groups is 1. The summed E-state index contributed by atoms with van der Waals surface area (Å²) in [6, 6.07) is 32.3. The molecule has 224 valence electrons. The van der Waals surface area contributed by atoms with Gasteiger partial charge in [-0.05, 0) is 79.6 Å². The van der Waals surface area contributed by atoms with Gasteiger partial charge < -0.3 is 14.8 Å². The summed E-state index contributed by atoms with van der Waals surface area (Å²) in [6.45, 7) is 4.75. The Hall–Kier alpha value is -4.23. The van der Waals surface area contributed by atoms with Gasteiger partial charge >= 0.3 is 12.0 Å². The van der Waals surface area contributed by atoms with Crippen molar-refractivity contribution in [2.75, 3.05) is 16.8 Å². The predicted octanol–water partition coefficient (Wildman–Crippen LogP) is 10.3. The van der Waals surface area contributed by atoms with Gasteiger partial charge in [-0.3, -0.25) is 9.69 Å². The van der Waals surface area contributed by atoms with Gasteiger partial charge in [0.1, 0.15) is 11.5 Å². The highest BCUT2D eigenvalue weighted by Gasteiger charge is 2.18. The Labute approximate surface area is 259 Å². The fraction of sp³-hybridized carbons (Fsp3) is 0.278. The minimum Gasteiger partial charge on any atom is -0.455 e. The molecule has 0 radical (unpaired) electrons. The molecular weight excluding hydrogens is 556 g/mol. The molecule has 2 amide bonds. The van der Waals surface area contributed by atoms with E-state index in [4.69, 9.17) is 9.47 Å². The molecule has 6 nitrogen and oxygen atoms in total. The molecule has 7 heteroatoms. The van der Waals surface area contributed by atoms with E-state index in [0.717, 1.165) is 41.2 Å². The molecule has 1 N–H and O–H groups in total. The Morgan fingerprint density at radius 1 is 0.721 bits per heavy atom. The topological polar surface area (TPSA) is 67.9 Å². The van der Waals surface area contributed by atoms with E-state index in [1.807, 2.05) is 115 Å². The van der Waals surface area contributed by atoms with Crippen LogP contribution in [-0.2, 0) is 4.79 Å². The number of anilines is 2. The van der Waals surface area contributed by atoms with Gasteiger partial charge in [0.2, 0.25) is 0 Å². The number of benzene rings is 4. The van der Waals surface area contributed by atoms with E-state index in [1.165, 1.54) is 12.8 Å². The molecule has 4 rings (SSSR count). The molecule has 4 aromatic carbocycles. The van der Waals surface area contributed by atoms with Crippen LogP contribution in [0.15, 0.2) is 113 Å². The summed E-state index contributed by atoms with van der Waals surface area (Å²) < 4.78 is 11.5. The molecule has 0 fully saturated rings. The molecule has 0 aliphatic rings. The molecule has 0 aliphatic carbocycles. The molecule has 0 unspecified atom stereocenters. The van der Waals surface area contributed by atoms with Crippen molar-refractivity contribution < 1.29 is 19.1 Å². The van der Waals surface area contributed by atoms with Crippen molar-refractivity contribution in [3.8, 4) is 17.2 Å². The minimum absolute atomic E-state index is 0.208. The quantitative estimate of drug-likeness (QED) is 0.0840. The lowest BCUT2D eigenvalue weighted by atomic mass is 10.1. The number of para-hydroxylation sites is 3. The van der Waals surface area contributed by atoms with Crippen LogP contribution in [0, 0.1) is 0 Å².